The fourth-order valence-electron chi connectivity index (χ4n) is 6.86. The lowest BCUT2D eigenvalue weighted by atomic mass is 9.41. The predicted octanol–water partition coefficient (Wildman–Crippen LogP) is 4.46. The van der Waals surface area contributed by atoms with Crippen LogP contribution in [0, 0.1) is 0 Å². The molecule has 0 atom stereocenters. The van der Waals surface area contributed by atoms with E-state index in [2.05, 4.69) is 173 Å². The van der Waals surface area contributed by atoms with Crippen LogP contribution in [0.2, 0.25) is 0 Å². The molecule has 12 heteroatoms. The van der Waals surface area contributed by atoms with Gasteiger partial charge in [0.2, 0.25) is 5.95 Å². The van der Waals surface area contributed by atoms with Crippen molar-refractivity contribution in [1.29, 1.82) is 0 Å². The Morgan fingerprint density at radius 3 is 1.67 bits per heavy atom. The number of fused-ring (bicyclic) bond motifs is 11. The van der Waals surface area contributed by atoms with Crippen LogP contribution >= 0.6 is 0 Å². The first-order valence-electron chi connectivity index (χ1n) is 14.6. The molecule has 0 bridgehead atoms. The molecule has 1 fully saturated rings. The predicted molar refractivity (Wildman–Crippen MR) is 176 cm³/mol. The maximum Gasteiger partial charge on any atom is 0.381 e. The summed E-state index contributed by atoms with van der Waals surface area (Å²) in [5, 5.41) is 2.36. The second-order valence-corrected chi connectivity index (χ2v) is 11.0. The van der Waals surface area contributed by atoms with Crippen molar-refractivity contribution in [3.8, 4) is 5.95 Å². The molecule has 5 aliphatic heterocycles. The highest BCUT2D eigenvalue weighted by molar-refractivity contribution is 6.92. The number of hydrogen-bond donors (Lipinski definition) is 0. The van der Waals surface area contributed by atoms with Crippen LogP contribution in [-0.2, 0) is 0 Å². The Morgan fingerprint density at radius 1 is 0.535 bits per heavy atom. The Balaban J connectivity index is 1.16. The molecule has 0 radical (unpaired) electrons. The molecular formula is C31H24B4N8. The van der Waals surface area contributed by atoms with Crippen molar-refractivity contribution >= 4 is 55.3 Å². The van der Waals surface area contributed by atoms with Gasteiger partial charge in [0.25, 0.3) is 0 Å². The molecule has 9 rings (SSSR count). The number of nitrogens with zero attached hydrogens (tertiary/aromatic N) is 8. The van der Waals surface area contributed by atoms with Gasteiger partial charge < -0.3 is 18.9 Å². The van der Waals surface area contributed by atoms with E-state index < -0.39 is 0 Å². The third kappa shape index (κ3) is 3.72. The Hall–Kier alpha value is -5.37. The topological polar surface area (TPSA) is 56.6 Å². The maximum absolute atomic E-state index is 5.06. The number of allylic oxidation sites excluding steroid dienone is 8. The van der Waals surface area contributed by atoms with E-state index in [0.29, 0.717) is 11.8 Å². The van der Waals surface area contributed by atoms with Gasteiger partial charge in [-0.25, -0.2) is 9.97 Å². The summed E-state index contributed by atoms with van der Waals surface area (Å²) >= 11 is 0. The first-order chi connectivity index (χ1) is 21.3. The van der Waals surface area contributed by atoms with Crippen LogP contribution in [0.25, 0.3) is 33.3 Å². The van der Waals surface area contributed by atoms with Crippen molar-refractivity contribution in [1.82, 2.24) is 38.4 Å². The molecule has 0 saturated carbocycles. The summed E-state index contributed by atoms with van der Waals surface area (Å²) in [5.74, 6) is 10.3. The van der Waals surface area contributed by atoms with Crippen LogP contribution in [0.3, 0.4) is 0 Å². The minimum Gasteiger partial charge on any atom is -0.423 e. The Kier molecular flexibility index (Phi) is 5.41. The quantitative estimate of drug-likeness (QED) is 0.341. The average molecular weight is 552 g/mol. The highest BCUT2D eigenvalue weighted by Crippen LogP contribution is 2.33. The van der Waals surface area contributed by atoms with E-state index in [1.54, 1.807) is 6.33 Å². The molecule has 0 amide bonds. The second-order valence-electron chi connectivity index (χ2n) is 11.0. The van der Waals surface area contributed by atoms with E-state index in [-0.39, 0.29) is 27.9 Å². The maximum atomic E-state index is 5.06. The van der Waals surface area contributed by atoms with E-state index in [0.717, 1.165) is 16.6 Å². The third-order valence-corrected chi connectivity index (χ3v) is 8.75. The van der Waals surface area contributed by atoms with Crippen molar-refractivity contribution in [2.24, 2.45) is 0 Å². The molecule has 0 unspecified atom stereocenters. The fraction of sp³-hybridized carbons (Fsp3) is 0. The summed E-state index contributed by atoms with van der Waals surface area (Å²) in [7, 11) is 0. The number of para-hydroxylation sites is 2. The Morgan fingerprint density at radius 2 is 1.07 bits per heavy atom. The fourth-order valence-corrected chi connectivity index (χ4v) is 6.86. The Labute approximate surface area is 251 Å². The number of hydrogen-bond acceptors (Lipinski definition) is 7. The van der Waals surface area contributed by atoms with E-state index in [1.807, 2.05) is 0 Å². The summed E-state index contributed by atoms with van der Waals surface area (Å²) in [4.78, 5) is 14.4. The molecule has 2 aromatic carbocycles. The second kappa shape index (κ2) is 9.59. The van der Waals surface area contributed by atoms with E-state index in [4.69, 9.17) is 4.98 Å². The van der Waals surface area contributed by atoms with Crippen molar-refractivity contribution in [2.75, 3.05) is 0 Å². The first-order valence-corrected chi connectivity index (χ1v) is 14.6. The van der Waals surface area contributed by atoms with Crippen LogP contribution < -0.4 is 0 Å². The van der Waals surface area contributed by atoms with Crippen molar-refractivity contribution < 1.29 is 0 Å². The van der Waals surface area contributed by atoms with Gasteiger partial charge in [0, 0.05) is 16.3 Å². The van der Waals surface area contributed by atoms with Gasteiger partial charge in [0.05, 0.1) is 11.0 Å². The lowest BCUT2D eigenvalue weighted by molar-refractivity contribution is 0.622. The first kappa shape index (κ1) is 24.2. The van der Waals surface area contributed by atoms with Crippen molar-refractivity contribution in [2.45, 2.75) is 0 Å². The van der Waals surface area contributed by atoms with Crippen LogP contribution in [0.15, 0.2) is 146 Å². The SMILES string of the molecule is C1=CB2N(C=C1)B1C=CC=CN1B1C=C(c3ncnc(-n4c5ccccc5c5ccccc54)n3)C=CN1B1C=CC=CN21. The summed E-state index contributed by atoms with van der Waals surface area (Å²) in [6, 6.07) is 16.8. The Bertz CT molecular complexity index is 1940. The summed E-state index contributed by atoms with van der Waals surface area (Å²) in [6.07, 6.45) is 25.2. The van der Waals surface area contributed by atoms with Gasteiger partial charge in [-0.2, -0.15) is 4.98 Å². The minimum absolute atomic E-state index is 0.0273. The molecule has 1 saturated heterocycles. The van der Waals surface area contributed by atoms with Crippen molar-refractivity contribution in [3.05, 3.63) is 152 Å². The van der Waals surface area contributed by atoms with E-state index in [9.17, 15) is 0 Å². The molecule has 0 N–H and O–H groups in total. The molecule has 8 nitrogen and oxygen atoms in total. The molecule has 2 aromatic heterocycles. The normalized spacial score (nSPS) is 18.3. The number of aromatic nitrogens is 4. The highest BCUT2D eigenvalue weighted by atomic mass is 15.3. The molecule has 5 aliphatic rings. The van der Waals surface area contributed by atoms with E-state index >= 15 is 0 Å². The zero-order chi connectivity index (χ0) is 28.3. The lowest BCUT2D eigenvalue weighted by Gasteiger charge is -2.53. The molecule has 0 aliphatic carbocycles. The summed E-state index contributed by atoms with van der Waals surface area (Å²) in [5.41, 5.74) is 3.10. The largest absolute Gasteiger partial charge is 0.423 e. The van der Waals surface area contributed by atoms with Gasteiger partial charge in [-0.1, -0.05) is 78.5 Å². The van der Waals surface area contributed by atoms with Crippen LogP contribution in [0.1, 0.15) is 5.82 Å². The van der Waals surface area contributed by atoms with Gasteiger partial charge in [-0.15, -0.1) is 0 Å². The highest BCUT2D eigenvalue weighted by Gasteiger charge is 2.49. The summed E-state index contributed by atoms with van der Waals surface area (Å²) < 4.78 is 11.7. The smallest absolute Gasteiger partial charge is 0.381 e. The van der Waals surface area contributed by atoms with Crippen LogP contribution in [-0.4, -0.2) is 66.3 Å². The molecule has 43 heavy (non-hydrogen) atoms. The van der Waals surface area contributed by atoms with Gasteiger partial charge in [-0.3, -0.25) is 4.57 Å². The van der Waals surface area contributed by atoms with E-state index in [1.165, 1.54) is 10.8 Å². The van der Waals surface area contributed by atoms with Gasteiger partial charge in [0.15, 0.2) is 5.82 Å². The number of benzene rings is 2. The van der Waals surface area contributed by atoms with Crippen molar-refractivity contribution in [3.63, 3.8) is 0 Å². The zero-order valence-corrected chi connectivity index (χ0v) is 23.2. The molecule has 200 valence electrons. The number of rotatable bonds is 2. The minimum atomic E-state index is -0.0800. The standard InChI is InChI=1S/C31H24B4N8/c1-3-13-28-26(11-1)27-12-2-4-14-29(27)43(28)31-37-24-36-30(38-31)25-15-22-42-34-18-6-9-20-40(34)32-16-5-8-19-39(32)33-17-7-10-21-41(33)35(42)23-25/h1-24H. The molecule has 0 spiro atoms. The molecule has 7 heterocycles. The molecule has 4 aromatic rings. The third-order valence-electron chi connectivity index (χ3n) is 8.75. The van der Waals surface area contributed by atoms with Crippen LogP contribution in [0.5, 0.6) is 0 Å². The lowest BCUT2D eigenvalue weighted by Crippen LogP contribution is -2.73. The average Bonchev–Trinajstić information content (AvgIpc) is 3.42. The van der Waals surface area contributed by atoms with Gasteiger partial charge in [0.1, 0.15) is 6.33 Å². The zero-order valence-electron chi connectivity index (χ0n) is 23.2. The monoisotopic (exact) mass is 552 g/mol. The summed E-state index contributed by atoms with van der Waals surface area (Å²) in [6.45, 7) is 0.0550. The van der Waals surface area contributed by atoms with Crippen LogP contribution in [0.4, 0.5) is 0 Å². The van der Waals surface area contributed by atoms with Gasteiger partial charge >= 0.3 is 27.9 Å². The van der Waals surface area contributed by atoms with Gasteiger partial charge in [-0.05, 0) is 61.2 Å². The molecular weight excluding hydrogens is 528 g/mol.